The number of hydrogen-bond donors (Lipinski definition) is 0. The van der Waals surface area contributed by atoms with Crippen LogP contribution >= 0.6 is 0 Å². The normalized spacial score (nSPS) is 29.3. The van der Waals surface area contributed by atoms with Crippen molar-refractivity contribution in [2.24, 2.45) is 23.7 Å². The number of benzene rings is 3. The summed E-state index contributed by atoms with van der Waals surface area (Å²) in [7, 11) is -8.09. The van der Waals surface area contributed by atoms with Gasteiger partial charge in [0.05, 0.1) is 86.4 Å². The second-order valence-corrected chi connectivity index (χ2v) is 19.2. The first-order valence-corrected chi connectivity index (χ1v) is 22.7. The van der Waals surface area contributed by atoms with Gasteiger partial charge in [0, 0.05) is 30.6 Å². The molecule has 1 heterocycles. The van der Waals surface area contributed by atoms with Gasteiger partial charge in [0.15, 0.2) is 19.7 Å². The molecule has 6 atom stereocenters. The molecule has 0 spiro atoms. The molecular formula is C43H51NO9S2. The van der Waals surface area contributed by atoms with Crippen LogP contribution in [0.2, 0.25) is 0 Å². The molecule has 4 bridgehead atoms. The number of nitrogens with zero attached hydrogens (tertiary/aromatic N) is 1. The molecular weight excluding hydrogens is 739 g/mol. The monoisotopic (exact) mass is 789 g/mol. The Morgan fingerprint density at radius 3 is 1.33 bits per heavy atom. The highest BCUT2D eigenvalue weighted by Crippen LogP contribution is 2.68. The van der Waals surface area contributed by atoms with Crippen molar-refractivity contribution < 1.29 is 40.5 Å². The minimum Gasteiger partial charge on any atom is -0.377 e. The lowest BCUT2D eigenvalue weighted by Crippen LogP contribution is -2.45. The number of sulfone groups is 2. The maximum Gasteiger partial charge on any atom is 0.183 e. The molecule has 3 aromatic rings. The van der Waals surface area contributed by atoms with Crippen LogP contribution in [0.5, 0.6) is 0 Å². The van der Waals surface area contributed by atoms with Crippen LogP contribution in [0.4, 0.5) is 5.69 Å². The summed E-state index contributed by atoms with van der Waals surface area (Å²) in [6.45, 7) is 6.38. The van der Waals surface area contributed by atoms with Crippen LogP contribution in [0.25, 0.3) is 6.08 Å². The number of rotatable bonds is 6. The zero-order chi connectivity index (χ0) is 37.8. The van der Waals surface area contributed by atoms with E-state index in [9.17, 15) is 16.8 Å². The van der Waals surface area contributed by atoms with Crippen molar-refractivity contribution in [1.82, 2.24) is 0 Å². The average Bonchev–Trinajstić information content (AvgIpc) is 3.98. The molecule has 0 aromatic heterocycles. The molecule has 5 aliphatic rings. The van der Waals surface area contributed by atoms with Crippen molar-refractivity contribution in [1.29, 1.82) is 0 Å². The van der Waals surface area contributed by atoms with Gasteiger partial charge < -0.3 is 28.6 Å². The summed E-state index contributed by atoms with van der Waals surface area (Å²) in [6, 6.07) is 25.1. The fourth-order valence-corrected chi connectivity index (χ4v) is 14.6. The van der Waals surface area contributed by atoms with E-state index < -0.39 is 42.0 Å². The Kier molecular flexibility index (Phi) is 11.9. The molecule has 0 amide bonds. The van der Waals surface area contributed by atoms with Crippen LogP contribution < -0.4 is 4.90 Å². The topological polar surface area (TPSA) is 118 Å². The first-order valence-electron chi connectivity index (χ1n) is 19.6. The standard InChI is InChI=1S/C43H51NO9S2/c45-54(46,35-7-3-1-4-8-35)42-40-37(41(39-33-14-13-32(30-33)38(39)40)43(42)55(47,48)36-9-5-2-6-10-36)29-31-11-15-34(16-12-31)44-17-19-49-21-23-51-25-27-53-28-26-52-24-22-50-20-18-44/h1-12,15-16,29,32-33,40-43H,13-14,17-28,30H2/t32-,33-,40-,41-,42-,43+/m0/s1. The molecule has 3 fully saturated rings. The van der Waals surface area contributed by atoms with E-state index >= 15 is 0 Å². The lowest BCUT2D eigenvalue weighted by molar-refractivity contribution is -0.0116. The quantitative estimate of drug-likeness (QED) is 0.229. The van der Waals surface area contributed by atoms with Crippen LogP contribution in [0.3, 0.4) is 0 Å². The van der Waals surface area contributed by atoms with Crippen molar-refractivity contribution in [3.8, 4) is 0 Å². The van der Waals surface area contributed by atoms with E-state index in [2.05, 4.69) is 35.2 Å². The summed E-state index contributed by atoms with van der Waals surface area (Å²) in [5.41, 5.74) is 5.28. The zero-order valence-electron chi connectivity index (χ0n) is 31.2. The van der Waals surface area contributed by atoms with Crippen LogP contribution in [0, 0.1) is 23.7 Å². The first kappa shape index (κ1) is 38.5. The molecule has 4 aliphatic carbocycles. The summed E-state index contributed by atoms with van der Waals surface area (Å²) in [4.78, 5) is 2.58. The van der Waals surface area contributed by atoms with Gasteiger partial charge in [-0.3, -0.25) is 0 Å². The molecule has 294 valence electrons. The smallest absolute Gasteiger partial charge is 0.183 e. The maximum atomic E-state index is 14.8. The molecule has 0 unspecified atom stereocenters. The van der Waals surface area contributed by atoms with Gasteiger partial charge in [0.2, 0.25) is 0 Å². The molecule has 55 heavy (non-hydrogen) atoms. The van der Waals surface area contributed by atoms with E-state index in [0.29, 0.717) is 91.0 Å². The van der Waals surface area contributed by atoms with Gasteiger partial charge in [0.1, 0.15) is 0 Å². The fourth-order valence-electron chi connectivity index (χ4n) is 9.65. The van der Waals surface area contributed by atoms with Crippen LogP contribution in [0.15, 0.2) is 111 Å². The van der Waals surface area contributed by atoms with Crippen LogP contribution in [-0.4, -0.2) is 106 Å². The number of fused-ring (bicyclic) bond motifs is 8. The first-order chi connectivity index (χ1) is 26.9. The molecule has 0 N–H and O–H groups in total. The third-order valence-corrected chi connectivity index (χ3v) is 16.6. The summed E-state index contributed by atoms with van der Waals surface area (Å²) in [6.07, 6.45) is 5.15. The Balaban J connectivity index is 1.11. The van der Waals surface area contributed by atoms with E-state index in [1.54, 1.807) is 60.7 Å². The molecule has 0 radical (unpaired) electrons. The molecule has 3 aromatic carbocycles. The van der Waals surface area contributed by atoms with E-state index in [4.69, 9.17) is 23.7 Å². The van der Waals surface area contributed by atoms with E-state index in [1.165, 1.54) is 11.1 Å². The number of anilines is 1. The lowest BCUT2D eigenvalue weighted by atomic mass is 9.82. The van der Waals surface area contributed by atoms with Crippen LogP contribution in [-0.2, 0) is 43.4 Å². The van der Waals surface area contributed by atoms with Crippen molar-refractivity contribution >= 4 is 31.4 Å². The summed E-state index contributed by atoms with van der Waals surface area (Å²) in [5, 5.41) is -2.23. The highest BCUT2D eigenvalue weighted by atomic mass is 32.2. The molecule has 8 rings (SSSR count). The van der Waals surface area contributed by atoms with Gasteiger partial charge in [-0.15, -0.1) is 0 Å². The fraction of sp³-hybridized carbons (Fsp3) is 0.488. The number of hydrogen-bond acceptors (Lipinski definition) is 10. The summed E-state index contributed by atoms with van der Waals surface area (Å²) >= 11 is 0. The van der Waals surface area contributed by atoms with Gasteiger partial charge in [-0.1, -0.05) is 71.3 Å². The van der Waals surface area contributed by atoms with E-state index in [0.717, 1.165) is 36.1 Å². The van der Waals surface area contributed by atoms with E-state index in [-0.39, 0.29) is 9.79 Å². The number of ether oxygens (including phenoxy) is 5. The SMILES string of the molecule is O=S(=O)(c1ccccc1)[C@@H]1[C@H]2C(=Cc3ccc(N4CCOCCOCCOCCOCCOCC4)cc3)[C@@H](C3=C2[C@H]2CC[C@H]3C2)[C@@H]1S(=O)(=O)c1ccccc1. The maximum absolute atomic E-state index is 14.8. The van der Waals surface area contributed by atoms with Crippen molar-refractivity contribution in [3.05, 3.63) is 107 Å². The van der Waals surface area contributed by atoms with Gasteiger partial charge in [-0.2, -0.15) is 0 Å². The largest absolute Gasteiger partial charge is 0.377 e. The van der Waals surface area contributed by atoms with Gasteiger partial charge in [-0.25, -0.2) is 16.8 Å². The zero-order valence-corrected chi connectivity index (χ0v) is 32.8. The predicted octanol–water partition coefficient (Wildman–Crippen LogP) is 5.64. The van der Waals surface area contributed by atoms with E-state index in [1.807, 2.05) is 0 Å². The summed E-state index contributed by atoms with van der Waals surface area (Å²) < 4.78 is 87.7. The Morgan fingerprint density at radius 1 is 0.509 bits per heavy atom. The molecule has 1 saturated heterocycles. The molecule has 12 heteroatoms. The molecule has 2 saturated carbocycles. The van der Waals surface area contributed by atoms with Crippen molar-refractivity contribution in [2.45, 2.75) is 39.6 Å². The second kappa shape index (κ2) is 17.0. The van der Waals surface area contributed by atoms with Crippen molar-refractivity contribution in [3.63, 3.8) is 0 Å². The summed E-state index contributed by atoms with van der Waals surface area (Å²) in [5.74, 6) is -0.360. The highest BCUT2D eigenvalue weighted by Gasteiger charge is 2.67. The Bertz CT molecular complexity index is 1930. The number of allylic oxidation sites excluding steroid dienone is 3. The molecule has 10 nitrogen and oxygen atoms in total. The highest BCUT2D eigenvalue weighted by molar-refractivity contribution is 7.96. The lowest BCUT2D eigenvalue weighted by Gasteiger charge is -2.35. The van der Waals surface area contributed by atoms with Crippen molar-refractivity contribution in [2.75, 3.05) is 84.1 Å². The Labute approximate surface area is 325 Å². The predicted molar refractivity (Wildman–Crippen MR) is 210 cm³/mol. The minimum atomic E-state index is -4.05. The third kappa shape index (κ3) is 7.84. The third-order valence-electron chi connectivity index (χ3n) is 12.0. The second-order valence-electron chi connectivity index (χ2n) is 15.0. The molecule has 1 aliphatic heterocycles. The van der Waals surface area contributed by atoms with Gasteiger partial charge >= 0.3 is 0 Å². The van der Waals surface area contributed by atoms with Gasteiger partial charge in [-0.05, 0) is 73.1 Å². The minimum absolute atomic E-state index is 0.173. The van der Waals surface area contributed by atoms with Gasteiger partial charge in [0.25, 0.3) is 0 Å². The average molecular weight is 790 g/mol. The van der Waals surface area contributed by atoms with Crippen LogP contribution in [0.1, 0.15) is 24.8 Å². The Hall–Kier alpha value is -3.36. The Morgan fingerprint density at radius 2 is 0.909 bits per heavy atom.